The van der Waals surface area contributed by atoms with Crippen molar-refractivity contribution < 1.29 is 47.6 Å². The van der Waals surface area contributed by atoms with E-state index < -0.39 is 23.9 Å². The number of rotatable bonds is 34. The van der Waals surface area contributed by atoms with Crippen molar-refractivity contribution in [2.24, 2.45) is 23.7 Å². The topological polar surface area (TPSA) is 124 Å². The monoisotopic (exact) mass is 877 g/mol. The maximum Gasteiger partial charge on any atom is 0.345 e. The smallest absolute Gasteiger partial charge is 0.345 e. The van der Waals surface area contributed by atoms with Gasteiger partial charge in [0, 0.05) is 0 Å². The Morgan fingerprint density at radius 1 is 0.413 bits per heavy atom. The molecule has 0 heterocycles. The van der Waals surface area contributed by atoms with Gasteiger partial charge in [0.1, 0.15) is 22.6 Å². The highest BCUT2D eigenvalue weighted by atomic mass is 16.7. The lowest BCUT2D eigenvalue weighted by Crippen LogP contribution is -2.23. The van der Waals surface area contributed by atoms with Gasteiger partial charge in [-0.05, 0) is 96.9 Å². The molecule has 0 radical (unpaired) electrons. The Morgan fingerprint density at radius 2 is 0.667 bits per heavy atom. The summed E-state index contributed by atoms with van der Waals surface area (Å²) in [5, 5.41) is 0. The van der Waals surface area contributed by atoms with Crippen LogP contribution < -0.4 is 9.47 Å². The average molecular weight is 877 g/mol. The molecule has 2 rings (SSSR count). The first-order chi connectivity index (χ1) is 30.5. The molecule has 0 saturated carbocycles. The van der Waals surface area contributed by atoms with Gasteiger partial charge < -0.3 is 28.4 Å². The minimum Gasteiger partial charge on any atom is -0.462 e. The summed E-state index contributed by atoms with van der Waals surface area (Å²) < 4.78 is 34.4. The largest absolute Gasteiger partial charge is 0.462 e. The summed E-state index contributed by atoms with van der Waals surface area (Å²) in [4.78, 5) is 53.4. The van der Waals surface area contributed by atoms with Crippen molar-refractivity contribution >= 4 is 36.0 Å². The van der Waals surface area contributed by atoms with E-state index in [0.717, 1.165) is 103 Å². The molecule has 10 nitrogen and oxygen atoms in total. The summed E-state index contributed by atoms with van der Waals surface area (Å²) in [6, 6.07) is 13.9. The molecule has 0 bridgehead atoms. The number of hydrogen-bond donors (Lipinski definition) is 0. The van der Waals surface area contributed by atoms with E-state index >= 15 is 0 Å². The maximum atomic E-state index is 13.3. The molecule has 63 heavy (non-hydrogen) atoms. The summed E-state index contributed by atoms with van der Waals surface area (Å²) >= 11 is 0. The first-order valence-electron chi connectivity index (χ1n) is 24.1. The lowest BCUT2D eigenvalue weighted by atomic mass is 10.0. The van der Waals surface area contributed by atoms with Gasteiger partial charge in [-0.1, -0.05) is 157 Å². The molecule has 0 spiro atoms. The summed E-state index contributed by atoms with van der Waals surface area (Å²) in [7, 11) is 0. The first kappa shape index (κ1) is 54.5. The molecule has 0 aromatic heterocycles. The van der Waals surface area contributed by atoms with Gasteiger partial charge in [-0.3, -0.25) is 0 Å². The summed E-state index contributed by atoms with van der Waals surface area (Å²) in [6.45, 7) is 17.8. The Labute approximate surface area is 379 Å². The van der Waals surface area contributed by atoms with Crippen LogP contribution in [0.4, 0.5) is 0 Å². The minimum atomic E-state index is -0.686. The van der Waals surface area contributed by atoms with Crippen LogP contribution in [0, 0.1) is 23.7 Å². The standard InChI is InChI=1S/C53H80O10/c1-9-17-21-40(13-5)35-58-50(54)48(51(55)59-36-41(14-6)22-18-10-2)33-44-25-29-46(30-26-44)62-39-63-47-31-27-45(28-32-47)34-49(52(56)60-37-42(15-7)23-19-11-3)53(57)61-38-43(16-8)24-20-12-4/h25-34,40-43H,9-24,35-39H2,1-8H3. The fourth-order valence-electron chi connectivity index (χ4n) is 6.90. The number of esters is 4. The predicted molar refractivity (Wildman–Crippen MR) is 252 cm³/mol. The van der Waals surface area contributed by atoms with E-state index in [9.17, 15) is 19.2 Å². The molecule has 352 valence electrons. The van der Waals surface area contributed by atoms with Crippen LogP contribution in [0.5, 0.6) is 11.5 Å². The lowest BCUT2D eigenvalue weighted by Gasteiger charge is -2.17. The van der Waals surface area contributed by atoms with E-state index in [1.54, 1.807) is 48.5 Å². The number of hydrogen-bond acceptors (Lipinski definition) is 10. The molecule has 0 aliphatic carbocycles. The second-order valence-electron chi connectivity index (χ2n) is 16.7. The van der Waals surface area contributed by atoms with Crippen LogP contribution in [0.3, 0.4) is 0 Å². The third-order valence-corrected chi connectivity index (χ3v) is 11.7. The van der Waals surface area contributed by atoms with Crippen molar-refractivity contribution in [3.8, 4) is 11.5 Å². The van der Waals surface area contributed by atoms with E-state index in [1.807, 2.05) is 0 Å². The van der Waals surface area contributed by atoms with E-state index in [2.05, 4.69) is 55.4 Å². The van der Waals surface area contributed by atoms with Gasteiger partial charge >= 0.3 is 23.9 Å². The van der Waals surface area contributed by atoms with E-state index in [1.165, 1.54) is 12.2 Å². The molecule has 2 aromatic rings. The number of benzene rings is 2. The first-order valence-corrected chi connectivity index (χ1v) is 24.1. The minimum absolute atomic E-state index is 0.0985. The molecule has 4 unspecified atom stereocenters. The number of ether oxygens (including phenoxy) is 6. The van der Waals surface area contributed by atoms with Gasteiger partial charge in [-0.25, -0.2) is 19.2 Å². The molecular formula is C53H80O10. The zero-order valence-electron chi connectivity index (χ0n) is 40.0. The Balaban J connectivity index is 2.16. The van der Waals surface area contributed by atoms with Gasteiger partial charge in [0.05, 0.1) is 26.4 Å². The second kappa shape index (κ2) is 33.0. The fourth-order valence-corrected chi connectivity index (χ4v) is 6.90. The van der Waals surface area contributed by atoms with Crippen LogP contribution in [-0.4, -0.2) is 57.1 Å². The Bertz CT molecular complexity index is 1460. The molecule has 2 aromatic carbocycles. The molecule has 10 heteroatoms. The fraction of sp³-hybridized carbons (Fsp3) is 0.623. The van der Waals surface area contributed by atoms with E-state index in [4.69, 9.17) is 28.4 Å². The zero-order valence-corrected chi connectivity index (χ0v) is 40.0. The van der Waals surface area contributed by atoms with Crippen LogP contribution in [0.1, 0.15) is 169 Å². The van der Waals surface area contributed by atoms with Gasteiger partial charge in [-0.2, -0.15) is 0 Å². The molecule has 0 aliphatic rings. The van der Waals surface area contributed by atoms with Crippen molar-refractivity contribution in [2.45, 2.75) is 158 Å². The third kappa shape index (κ3) is 22.0. The highest BCUT2D eigenvalue weighted by Crippen LogP contribution is 2.22. The second-order valence-corrected chi connectivity index (χ2v) is 16.7. The van der Waals surface area contributed by atoms with Crippen molar-refractivity contribution in [3.05, 3.63) is 70.8 Å². The molecule has 0 aliphatic heterocycles. The molecule has 0 saturated heterocycles. The van der Waals surface area contributed by atoms with Crippen LogP contribution in [0.25, 0.3) is 12.2 Å². The van der Waals surface area contributed by atoms with Gasteiger partial charge in [-0.15, -0.1) is 0 Å². The summed E-state index contributed by atoms with van der Waals surface area (Å²) in [5.41, 5.74) is 0.952. The molecule has 0 amide bonds. The van der Waals surface area contributed by atoms with Gasteiger partial charge in [0.2, 0.25) is 6.79 Å². The Hall–Kier alpha value is -4.60. The van der Waals surface area contributed by atoms with Crippen molar-refractivity contribution in [1.29, 1.82) is 0 Å². The van der Waals surface area contributed by atoms with E-state index in [0.29, 0.717) is 22.6 Å². The van der Waals surface area contributed by atoms with Gasteiger partial charge in [0.25, 0.3) is 0 Å². The van der Waals surface area contributed by atoms with Crippen molar-refractivity contribution in [3.63, 3.8) is 0 Å². The van der Waals surface area contributed by atoms with E-state index in [-0.39, 0.29) is 68.0 Å². The predicted octanol–water partition coefficient (Wildman–Crippen LogP) is 12.9. The normalized spacial score (nSPS) is 12.8. The Morgan fingerprint density at radius 3 is 0.889 bits per heavy atom. The zero-order chi connectivity index (χ0) is 46.2. The van der Waals surface area contributed by atoms with Crippen LogP contribution in [0.2, 0.25) is 0 Å². The molecular weight excluding hydrogens is 797 g/mol. The highest BCUT2D eigenvalue weighted by molar-refractivity contribution is 6.18. The van der Waals surface area contributed by atoms with Crippen LogP contribution in [-0.2, 0) is 38.1 Å². The Kier molecular flexibility index (Phi) is 28.6. The number of unbranched alkanes of at least 4 members (excludes halogenated alkanes) is 4. The third-order valence-electron chi connectivity index (χ3n) is 11.7. The summed E-state index contributed by atoms with van der Waals surface area (Å²) in [5.74, 6) is -0.786. The van der Waals surface area contributed by atoms with Crippen LogP contribution in [0.15, 0.2) is 59.7 Å². The summed E-state index contributed by atoms with van der Waals surface area (Å²) in [6.07, 6.45) is 18.9. The average Bonchev–Trinajstić information content (AvgIpc) is 3.30. The SMILES string of the molecule is CCCCC(CC)COC(=O)C(=Cc1ccc(OCOc2ccc(C=C(C(=O)OCC(CC)CCCC)C(=O)OCC(CC)CCCC)cc2)cc1)C(=O)OCC(CC)CCCC. The molecule has 0 N–H and O–H groups in total. The maximum absolute atomic E-state index is 13.3. The molecule has 4 atom stereocenters. The van der Waals surface area contributed by atoms with Crippen LogP contribution >= 0.6 is 0 Å². The highest BCUT2D eigenvalue weighted by Gasteiger charge is 2.25. The number of carbonyl (C=O) groups is 4. The van der Waals surface area contributed by atoms with Gasteiger partial charge in [0.15, 0.2) is 0 Å². The quantitative estimate of drug-likeness (QED) is 0.0168. The number of carbonyl (C=O) groups excluding carboxylic acids is 4. The van der Waals surface area contributed by atoms with Crippen molar-refractivity contribution in [1.82, 2.24) is 0 Å². The van der Waals surface area contributed by atoms with Crippen molar-refractivity contribution in [2.75, 3.05) is 33.2 Å². The lowest BCUT2D eigenvalue weighted by molar-refractivity contribution is -0.150. The molecule has 0 fully saturated rings.